The van der Waals surface area contributed by atoms with Gasteiger partial charge >= 0.3 is 0 Å². The first kappa shape index (κ1) is 10.8. The number of thioether (sulfide) groups is 1. The van der Waals surface area contributed by atoms with Gasteiger partial charge in [-0.25, -0.2) is 9.97 Å². The highest BCUT2D eigenvalue weighted by atomic mass is 32.2. The van der Waals surface area contributed by atoms with E-state index in [0.717, 1.165) is 30.1 Å². The Bertz CT molecular complexity index is 552. The van der Waals surface area contributed by atoms with Crippen molar-refractivity contribution >= 4 is 11.8 Å². The van der Waals surface area contributed by atoms with Crippen LogP contribution in [0.15, 0.2) is 35.4 Å². The molecule has 0 unspecified atom stereocenters. The van der Waals surface area contributed by atoms with E-state index in [0.29, 0.717) is 0 Å². The molecule has 3 heteroatoms. The van der Waals surface area contributed by atoms with Crippen molar-refractivity contribution in [2.45, 2.75) is 24.7 Å². The summed E-state index contributed by atoms with van der Waals surface area (Å²) in [6, 6.07) is 8.53. The molecule has 1 aliphatic heterocycles. The number of nitrogens with zero attached hydrogens (tertiary/aromatic N) is 2. The first-order valence-corrected chi connectivity index (χ1v) is 6.94. The second kappa shape index (κ2) is 4.49. The van der Waals surface area contributed by atoms with Gasteiger partial charge in [0, 0.05) is 28.8 Å². The fourth-order valence-corrected chi connectivity index (χ4v) is 3.13. The molecular formula is C14H14N2S. The molecule has 1 aromatic carbocycles. The van der Waals surface area contributed by atoms with Crippen LogP contribution in [-0.2, 0) is 12.8 Å². The van der Waals surface area contributed by atoms with Crippen molar-refractivity contribution in [3.05, 3.63) is 41.9 Å². The van der Waals surface area contributed by atoms with Gasteiger partial charge in [0.05, 0.1) is 5.69 Å². The van der Waals surface area contributed by atoms with Crippen molar-refractivity contribution in [3.8, 4) is 11.3 Å². The predicted octanol–water partition coefficient (Wildman–Crippen LogP) is 3.35. The van der Waals surface area contributed by atoms with E-state index >= 15 is 0 Å². The summed E-state index contributed by atoms with van der Waals surface area (Å²) in [5.74, 6) is 2.05. The lowest BCUT2D eigenvalue weighted by atomic mass is 10.1. The molecule has 0 amide bonds. The smallest absolute Gasteiger partial charge is 0.128 e. The summed E-state index contributed by atoms with van der Waals surface area (Å²) in [6.45, 7) is 2.10. The van der Waals surface area contributed by atoms with E-state index in [-0.39, 0.29) is 0 Å². The summed E-state index contributed by atoms with van der Waals surface area (Å²) < 4.78 is 0. The SMILES string of the molecule is CCc1ncc2c(n1)-c1ccccc1SCC2. The van der Waals surface area contributed by atoms with Gasteiger partial charge in [-0.1, -0.05) is 25.1 Å². The molecule has 0 radical (unpaired) electrons. The maximum absolute atomic E-state index is 4.71. The minimum atomic E-state index is 0.891. The number of hydrogen-bond donors (Lipinski definition) is 0. The predicted molar refractivity (Wildman–Crippen MR) is 71.3 cm³/mol. The lowest BCUT2D eigenvalue weighted by Gasteiger charge is -2.08. The lowest BCUT2D eigenvalue weighted by Crippen LogP contribution is -2.00. The number of aromatic nitrogens is 2. The summed E-state index contributed by atoms with van der Waals surface area (Å²) in [4.78, 5) is 10.5. The van der Waals surface area contributed by atoms with Crippen molar-refractivity contribution in [2.75, 3.05) is 5.75 Å². The molecule has 0 saturated heterocycles. The van der Waals surface area contributed by atoms with Crippen molar-refractivity contribution in [3.63, 3.8) is 0 Å². The molecule has 0 fully saturated rings. The van der Waals surface area contributed by atoms with Crippen LogP contribution in [0, 0.1) is 0 Å². The van der Waals surface area contributed by atoms with Gasteiger partial charge in [0.25, 0.3) is 0 Å². The second-order valence-electron chi connectivity index (χ2n) is 4.11. The van der Waals surface area contributed by atoms with E-state index in [2.05, 4.69) is 36.2 Å². The highest BCUT2D eigenvalue weighted by molar-refractivity contribution is 7.99. The van der Waals surface area contributed by atoms with Crippen molar-refractivity contribution in [1.82, 2.24) is 9.97 Å². The van der Waals surface area contributed by atoms with Gasteiger partial charge in [-0.15, -0.1) is 11.8 Å². The van der Waals surface area contributed by atoms with E-state index in [1.54, 1.807) is 0 Å². The van der Waals surface area contributed by atoms with Crippen LogP contribution >= 0.6 is 11.8 Å². The second-order valence-corrected chi connectivity index (χ2v) is 5.24. The molecule has 0 spiro atoms. The summed E-state index contributed by atoms with van der Waals surface area (Å²) >= 11 is 1.91. The van der Waals surface area contributed by atoms with E-state index in [9.17, 15) is 0 Å². The van der Waals surface area contributed by atoms with Gasteiger partial charge in [-0.2, -0.15) is 0 Å². The number of aryl methyl sites for hydroxylation is 2. The van der Waals surface area contributed by atoms with Crippen LogP contribution in [-0.4, -0.2) is 15.7 Å². The van der Waals surface area contributed by atoms with E-state index < -0.39 is 0 Å². The Morgan fingerprint density at radius 2 is 2.18 bits per heavy atom. The summed E-state index contributed by atoms with van der Waals surface area (Å²) in [5, 5.41) is 0. The number of fused-ring (bicyclic) bond motifs is 3. The molecule has 2 nitrogen and oxygen atoms in total. The monoisotopic (exact) mass is 242 g/mol. The summed E-state index contributed by atoms with van der Waals surface area (Å²) in [7, 11) is 0. The third-order valence-electron chi connectivity index (χ3n) is 3.00. The molecule has 0 N–H and O–H groups in total. The zero-order valence-corrected chi connectivity index (χ0v) is 10.6. The van der Waals surface area contributed by atoms with Crippen LogP contribution < -0.4 is 0 Å². The molecule has 3 rings (SSSR count). The Labute approximate surface area is 106 Å². The van der Waals surface area contributed by atoms with E-state index in [1.807, 2.05) is 18.0 Å². The molecule has 86 valence electrons. The largest absolute Gasteiger partial charge is 0.241 e. The van der Waals surface area contributed by atoms with Gasteiger partial charge in [0.1, 0.15) is 5.82 Å². The van der Waals surface area contributed by atoms with Crippen molar-refractivity contribution in [1.29, 1.82) is 0 Å². The van der Waals surface area contributed by atoms with Crippen LogP contribution in [0.2, 0.25) is 0 Å². The fourth-order valence-electron chi connectivity index (χ4n) is 2.09. The third kappa shape index (κ3) is 1.95. The summed E-state index contributed by atoms with van der Waals surface area (Å²) in [6.07, 6.45) is 3.95. The zero-order chi connectivity index (χ0) is 11.7. The molecule has 0 bridgehead atoms. The Hall–Kier alpha value is -1.35. The number of benzene rings is 1. The maximum atomic E-state index is 4.71. The highest BCUT2D eigenvalue weighted by Crippen LogP contribution is 2.35. The molecule has 2 aromatic rings. The maximum Gasteiger partial charge on any atom is 0.128 e. The van der Waals surface area contributed by atoms with Crippen LogP contribution in [0.5, 0.6) is 0 Å². The average Bonchev–Trinajstić information content (AvgIpc) is 2.57. The van der Waals surface area contributed by atoms with Crippen LogP contribution in [0.25, 0.3) is 11.3 Å². The number of rotatable bonds is 1. The van der Waals surface area contributed by atoms with Gasteiger partial charge in [0.15, 0.2) is 0 Å². The fraction of sp³-hybridized carbons (Fsp3) is 0.286. The normalized spacial score (nSPS) is 13.7. The minimum Gasteiger partial charge on any atom is -0.241 e. The first-order valence-electron chi connectivity index (χ1n) is 5.95. The topological polar surface area (TPSA) is 25.8 Å². The van der Waals surface area contributed by atoms with Crippen LogP contribution in [0.4, 0.5) is 0 Å². The zero-order valence-electron chi connectivity index (χ0n) is 9.81. The molecule has 17 heavy (non-hydrogen) atoms. The molecule has 0 aliphatic carbocycles. The number of hydrogen-bond acceptors (Lipinski definition) is 3. The lowest BCUT2D eigenvalue weighted by molar-refractivity contribution is 0.921. The van der Waals surface area contributed by atoms with Gasteiger partial charge in [-0.05, 0) is 18.1 Å². The Morgan fingerprint density at radius 3 is 3.06 bits per heavy atom. The quantitative estimate of drug-likeness (QED) is 0.767. The van der Waals surface area contributed by atoms with Crippen molar-refractivity contribution in [2.24, 2.45) is 0 Å². The van der Waals surface area contributed by atoms with Gasteiger partial charge in [0.2, 0.25) is 0 Å². The standard InChI is InChI=1S/C14H14N2S/c1-2-13-15-9-10-7-8-17-12-6-4-3-5-11(12)14(10)16-13/h3-6,9H,2,7-8H2,1H3. The first-order chi connectivity index (χ1) is 8.38. The van der Waals surface area contributed by atoms with Gasteiger partial charge < -0.3 is 0 Å². The third-order valence-corrected chi connectivity index (χ3v) is 4.08. The summed E-state index contributed by atoms with van der Waals surface area (Å²) in [5.41, 5.74) is 3.68. The Balaban J connectivity index is 2.23. The van der Waals surface area contributed by atoms with E-state index in [4.69, 9.17) is 4.98 Å². The Kier molecular flexibility index (Phi) is 2.85. The highest BCUT2D eigenvalue weighted by Gasteiger charge is 2.16. The molecule has 0 saturated carbocycles. The molecular weight excluding hydrogens is 228 g/mol. The van der Waals surface area contributed by atoms with E-state index in [1.165, 1.54) is 16.0 Å². The van der Waals surface area contributed by atoms with Crippen LogP contribution in [0.1, 0.15) is 18.3 Å². The molecule has 0 atom stereocenters. The molecule has 1 aromatic heterocycles. The van der Waals surface area contributed by atoms with Crippen molar-refractivity contribution < 1.29 is 0 Å². The Morgan fingerprint density at radius 1 is 1.29 bits per heavy atom. The average molecular weight is 242 g/mol. The molecule has 1 aliphatic rings. The van der Waals surface area contributed by atoms with Crippen LogP contribution in [0.3, 0.4) is 0 Å². The van der Waals surface area contributed by atoms with Gasteiger partial charge in [-0.3, -0.25) is 0 Å². The molecule has 2 heterocycles. The minimum absolute atomic E-state index is 0.891.